The van der Waals surface area contributed by atoms with Crippen LogP contribution in [-0.4, -0.2) is 59.6 Å². The number of amides is 2. The van der Waals surface area contributed by atoms with E-state index in [1.165, 1.54) is 6.07 Å². The van der Waals surface area contributed by atoms with E-state index in [1.807, 2.05) is 33.8 Å². The number of carbonyl (C=O) groups is 2. The van der Waals surface area contributed by atoms with Gasteiger partial charge in [0, 0.05) is 25.7 Å². The van der Waals surface area contributed by atoms with Crippen molar-refractivity contribution in [3.63, 3.8) is 0 Å². The van der Waals surface area contributed by atoms with E-state index < -0.39 is 5.60 Å². The van der Waals surface area contributed by atoms with Crippen LogP contribution in [-0.2, 0) is 16.1 Å². The zero-order valence-corrected chi connectivity index (χ0v) is 19.0. The lowest BCUT2D eigenvalue weighted by Gasteiger charge is -2.30. The SMILES string of the molecule is CCN(CC(=O)NCc1ccc(C)c(F)c1)C1CCCN(C(=O)OC(C)(C)C)CC1. The minimum Gasteiger partial charge on any atom is -0.444 e. The van der Waals surface area contributed by atoms with E-state index in [2.05, 4.69) is 10.2 Å². The summed E-state index contributed by atoms with van der Waals surface area (Å²) in [6.45, 7) is 12.0. The number of likely N-dealkylation sites (tertiary alicyclic amines) is 1. The summed E-state index contributed by atoms with van der Waals surface area (Å²) in [5.74, 6) is -0.337. The Morgan fingerprint density at radius 3 is 2.63 bits per heavy atom. The van der Waals surface area contributed by atoms with Crippen LogP contribution in [0, 0.1) is 12.7 Å². The molecule has 0 radical (unpaired) electrons. The molecule has 1 aromatic carbocycles. The second-order valence-electron chi connectivity index (χ2n) is 8.98. The first-order valence-corrected chi connectivity index (χ1v) is 10.8. The summed E-state index contributed by atoms with van der Waals surface area (Å²) in [4.78, 5) is 28.7. The number of likely N-dealkylation sites (N-methyl/N-ethyl adjacent to an activating group) is 1. The molecule has 0 aliphatic carbocycles. The third kappa shape index (κ3) is 7.59. The van der Waals surface area contributed by atoms with Crippen molar-refractivity contribution < 1.29 is 18.7 Å². The van der Waals surface area contributed by atoms with Crippen molar-refractivity contribution >= 4 is 12.0 Å². The van der Waals surface area contributed by atoms with Crippen LogP contribution in [0.1, 0.15) is 58.1 Å². The normalized spacial score (nSPS) is 17.6. The minimum absolute atomic E-state index is 0.0777. The number of aryl methyl sites for hydroxylation is 1. The van der Waals surface area contributed by atoms with Gasteiger partial charge >= 0.3 is 6.09 Å². The highest BCUT2D eigenvalue weighted by Crippen LogP contribution is 2.19. The van der Waals surface area contributed by atoms with Crippen molar-refractivity contribution in [2.24, 2.45) is 0 Å². The molecule has 6 nitrogen and oxygen atoms in total. The van der Waals surface area contributed by atoms with Crippen LogP contribution in [0.15, 0.2) is 18.2 Å². The van der Waals surface area contributed by atoms with Gasteiger partial charge in [-0.2, -0.15) is 0 Å². The standard InChI is InChI=1S/C23H36FN3O3/c1-6-26(16-21(28)25-15-18-10-9-17(2)20(24)14-18)19-8-7-12-27(13-11-19)22(29)30-23(3,4)5/h9-10,14,19H,6-8,11-13,15-16H2,1-5H3,(H,25,28). The van der Waals surface area contributed by atoms with Crippen molar-refractivity contribution in [1.29, 1.82) is 0 Å². The number of carbonyl (C=O) groups excluding carboxylic acids is 2. The fourth-order valence-corrected chi connectivity index (χ4v) is 3.64. The predicted molar refractivity (Wildman–Crippen MR) is 116 cm³/mol. The molecule has 168 valence electrons. The molecule has 30 heavy (non-hydrogen) atoms. The van der Waals surface area contributed by atoms with Crippen molar-refractivity contribution in [2.45, 2.75) is 72.1 Å². The molecule has 2 rings (SSSR count). The Morgan fingerprint density at radius 2 is 2.00 bits per heavy atom. The van der Waals surface area contributed by atoms with Gasteiger partial charge in [0.05, 0.1) is 6.54 Å². The van der Waals surface area contributed by atoms with Crippen LogP contribution in [0.4, 0.5) is 9.18 Å². The van der Waals surface area contributed by atoms with Gasteiger partial charge < -0.3 is 15.0 Å². The van der Waals surface area contributed by atoms with Gasteiger partial charge in [0.2, 0.25) is 5.91 Å². The molecule has 1 heterocycles. The molecule has 0 aromatic heterocycles. The second kappa shape index (κ2) is 10.8. The van der Waals surface area contributed by atoms with Gasteiger partial charge in [0.25, 0.3) is 0 Å². The van der Waals surface area contributed by atoms with E-state index in [9.17, 15) is 14.0 Å². The number of ether oxygens (including phenoxy) is 1. The summed E-state index contributed by atoms with van der Waals surface area (Å²) in [6.07, 6.45) is 2.35. The third-order valence-corrected chi connectivity index (χ3v) is 5.34. The molecule has 1 atom stereocenters. The van der Waals surface area contributed by atoms with Crippen molar-refractivity contribution in [3.8, 4) is 0 Å². The van der Waals surface area contributed by atoms with Crippen LogP contribution < -0.4 is 5.32 Å². The van der Waals surface area contributed by atoms with Gasteiger partial charge in [0.1, 0.15) is 11.4 Å². The number of halogens is 1. The quantitative estimate of drug-likeness (QED) is 0.758. The Bertz CT molecular complexity index is 733. The van der Waals surface area contributed by atoms with Gasteiger partial charge in [-0.1, -0.05) is 19.1 Å². The number of hydrogen-bond acceptors (Lipinski definition) is 4. The fourth-order valence-electron chi connectivity index (χ4n) is 3.64. The Kier molecular flexibility index (Phi) is 8.65. The van der Waals surface area contributed by atoms with Gasteiger partial charge in [0.15, 0.2) is 0 Å². The van der Waals surface area contributed by atoms with Gasteiger partial charge in [-0.25, -0.2) is 9.18 Å². The van der Waals surface area contributed by atoms with E-state index in [1.54, 1.807) is 17.9 Å². The zero-order chi connectivity index (χ0) is 22.3. The van der Waals surface area contributed by atoms with Crippen LogP contribution in [0.5, 0.6) is 0 Å². The zero-order valence-electron chi connectivity index (χ0n) is 19.0. The first-order chi connectivity index (χ1) is 14.1. The summed E-state index contributed by atoms with van der Waals surface area (Å²) in [6, 6.07) is 5.25. The first kappa shape index (κ1) is 24.1. The molecule has 1 unspecified atom stereocenters. The molecule has 1 aliphatic heterocycles. The highest BCUT2D eigenvalue weighted by molar-refractivity contribution is 5.78. The molecule has 1 aliphatic rings. The molecule has 1 saturated heterocycles. The Balaban J connectivity index is 1.85. The lowest BCUT2D eigenvalue weighted by atomic mass is 10.1. The summed E-state index contributed by atoms with van der Waals surface area (Å²) >= 11 is 0. The molecule has 1 fully saturated rings. The fraction of sp³-hybridized carbons (Fsp3) is 0.652. The number of rotatable bonds is 6. The molecule has 0 spiro atoms. The van der Waals surface area contributed by atoms with Crippen LogP contribution >= 0.6 is 0 Å². The van der Waals surface area contributed by atoms with E-state index in [0.717, 1.165) is 31.4 Å². The third-order valence-electron chi connectivity index (χ3n) is 5.34. The van der Waals surface area contributed by atoms with Crippen molar-refractivity contribution in [1.82, 2.24) is 15.1 Å². The Morgan fingerprint density at radius 1 is 1.27 bits per heavy atom. The average molecular weight is 422 g/mol. The number of nitrogens with zero attached hydrogens (tertiary/aromatic N) is 2. The monoisotopic (exact) mass is 421 g/mol. The molecular weight excluding hydrogens is 385 g/mol. The van der Waals surface area contributed by atoms with E-state index in [4.69, 9.17) is 4.74 Å². The van der Waals surface area contributed by atoms with Gasteiger partial charge in [-0.15, -0.1) is 0 Å². The lowest BCUT2D eigenvalue weighted by Crippen LogP contribution is -2.43. The van der Waals surface area contributed by atoms with E-state index in [-0.39, 0.29) is 23.9 Å². The first-order valence-electron chi connectivity index (χ1n) is 10.8. The maximum atomic E-state index is 13.7. The number of hydrogen-bond donors (Lipinski definition) is 1. The largest absolute Gasteiger partial charge is 0.444 e. The molecule has 1 aromatic rings. The van der Waals surface area contributed by atoms with Crippen LogP contribution in [0.25, 0.3) is 0 Å². The van der Waals surface area contributed by atoms with E-state index in [0.29, 0.717) is 31.7 Å². The summed E-state index contributed by atoms with van der Waals surface area (Å²) in [7, 11) is 0. The maximum absolute atomic E-state index is 13.7. The Hall–Kier alpha value is -2.15. The van der Waals surface area contributed by atoms with Crippen molar-refractivity contribution in [3.05, 3.63) is 35.1 Å². The highest BCUT2D eigenvalue weighted by Gasteiger charge is 2.27. The second-order valence-corrected chi connectivity index (χ2v) is 8.98. The highest BCUT2D eigenvalue weighted by atomic mass is 19.1. The van der Waals surface area contributed by atoms with E-state index >= 15 is 0 Å². The topological polar surface area (TPSA) is 61.9 Å². The summed E-state index contributed by atoms with van der Waals surface area (Å²) < 4.78 is 19.2. The molecule has 1 N–H and O–H groups in total. The molecule has 0 bridgehead atoms. The number of nitrogens with one attached hydrogen (secondary N) is 1. The summed E-state index contributed by atoms with van der Waals surface area (Å²) in [5, 5.41) is 2.89. The summed E-state index contributed by atoms with van der Waals surface area (Å²) in [5.41, 5.74) is 0.837. The number of benzene rings is 1. The average Bonchev–Trinajstić information content (AvgIpc) is 2.92. The Labute approximate surface area is 179 Å². The molecule has 2 amide bonds. The van der Waals surface area contributed by atoms with Gasteiger partial charge in [-0.05, 0) is 70.7 Å². The van der Waals surface area contributed by atoms with Crippen LogP contribution in [0.2, 0.25) is 0 Å². The van der Waals surface area contributed by atoms with Crippen LogP contribution in [0.3, 0.4) is 0 Å². The van der Waals surface area contributed by atoms with Gasteiger partial charge in [-0.3, -0.25) is 9.69 Å². The minimum atomic E-state index is -0.503. The smallest absolute Gasteiger partial charge is 0.410 e. The maximum Gasteiger partial charge on any atom is 0.410 e. The predicted octanol–water partition coefficient (Wildman–Crippen LogP) is 3.86. The van der Waals surface area contributed by atoms with Crippen molar-refractivity contribution in [2.75, 3.05) is 26.2 Å². The molecule has 7 heteroatoms. The molecular formula is C23H36FN3O3. The molecule has 0 saturated carbocycles. The lowest BCUT2D eigenvalue weighted by molar-refractivity contribution is -0.123.